The highest BCUT2D eigenvalue weighted by molar-refractivity contribution is 5.99. The molecule has 0 unspecified atom stereocenters. The zero-order valence-electron chi connectivity index (χ0n) is 14.0. The molecule has 4 N–H and O–H groups in total. The molecule has 0 aliphatic heterocycles. The average molecular weight is 351 g/mol. The van der Waals surface area contributed by atoms with Crippen molar-refractivity contribution in [3.8, 4) is 5.75 Å². The minimum atomic E-state index is -0.689. The van der Waals surface area contributed by atoms with Crippen LogP contribution in [0.2, 0.25) is 0 Å². The smallest absolute Gasteiger partial charge is 0.255 e. The zero-order valence-corrected chi connectivity index (χ0v) is 14.0. The fraction of sp³-hybridized carbons (Fsp3) is 0.105. The first-order valence-electron chi connectivity index (χ1n) is 8.05. The van der Waals surface area contributed by atoms with E-state index in [1.807, 2.05) is 6.07 Å². The third-order valence-corrected chi connectivity index (χ3v) is 3.83. The maximum Gasteiger partial charge on any atom is 0.255 e. The summed E-state index contributed by atoms with van der Waals surface area (Å²) in [5.41, 5.74) is -0.277. The molecule has 0 atom stereocenters. The molecule has 0 aromatic heterocycles. The normalized spacial score (nSPS) is 10.5. The van der Waals surface area contributed by atoms with E-state index in [0.29, 0.717) is 12.2 Å². The van der Waals surface area contributed by atoms with Crippen molar-refractivity contribution in [3.63, 3.8) is 0 Å². The number of benzene rings is 2. The lowest BCUT2D eigenvalue weighted by Crippen LogP contribution is -2.35. The standard InChI is InChI=1S/C19H17N3O4/c1-2-20-19(26)12-9-6-10-13(16(12)23)22-15-14(17(24)18(15)25)21-11-7-4-3-5-8-11/h3-10,21-23H,2H2,1H3,(H,20,26). The van der Waals surface area contributed by atoms with Crippen LogP contribution in [0.1, 0.15) is 17.3 Å². The number of anilines is 4. The van der Waals surface area contributed by atoms with E-state index >= 15 is 0 Å². The molecule has 0 aliphatic rings. The number of phenols is 1. The van der Waals surface area contributed by atoms with Crippen LogP contribution in [-0.4, -0.2) is 17.6 Å². The number of nitrogens with one attached hydrogen (secondary N) is 3. The van der Waals surface area contributed by atoms with Gasteiger partial charge in [0.15, 0.2) is 5.75 Å². The number of rotatable bonds is 6. The van der Waals surface area contributed by atoms with Gasteiger partial charge in [-0.1, -0.05) is 24.3 Å². The van der Waals surface area contributed by atoms with Gasteiger partial charge in [-0.05, 0) is 31.2 Å². The van der Waals surface area contributed by atoms with Crippen molar-refractivity contribution in [1.29, 1.82) is 0 Å². The second kappa shape index (κ2) is 7.10. The van der Waals surface area contributed by atoms with E-state index in [9.17, 15) is 19.5 Å². The van der Waals surface area contributed by atoms with Gasteiger partial charge in [0.1, 0.15) is 11.4 Å². The van der Waals surface area contributed by atoms with Gasteiger partial charge in [0.05, 0.1) is 11.3 Å². The summed E-state index contributed by atoms with van der Waals surface area (Å²) in [5.74, 6) is -0.724. The SMILES string of the molecule is CCNC(=O)c1cccc(Nc2c(Nc3ccccc3)c(=O)c2=O)c1O. The number of aromatic hydroxyl groups is 1. The van der Waals surface area contributed by atoms with Crippen LogP contribution in [0.3, 0.4) is 0 Å². The van der Waals surface area contributed by atoms with E-state index < -0.39 is 16.8 Å². The Labute approximate surface area is 149 Å². The molecule has 1 amide bonds. The summed E-state index contributed by atoms with van der Waals surface area (Å²) in [6, 6.07) is 13.5. The summed E-state index contributed by atoms with van der Waals surface area (Å²) >= 11 is 0. The number of hydrogen-bond acceptors (Lipinski definition) is 6. The summed E-state index contributed by atoms with van der Waals surface area (Å²) in [5, 5.41) is 18.6. The molecule has 0 saturated carbocycles. The number of carbonyl (C=O) groups excluding carboxylic acids is 1. The van der Waals surface area contributed by atoms with Gasteiger partial charge in [-0.15, -0.1) is 0 Å². The van der Waals surface area contributed by atoms with Gasteiger partial charge in [0.25, 0.3) is 16.8 Å². The minimum absolute atomic E-state index is 0.0437. The second-order valence-electron chi connectivity index (χ2n) is 5.59. The minimum Gasteiger partial charge on any atom is -0.505 e. The third-order valence-electron chi connectivity index (χ3n) is 3.83. The van der Waals surface area contributed by atoms with Gasteiger partial charge in [-0.3, -0.25) is 14.4 Å². The molecule has 26 heavy (non-hydrogen) atoms. The third kappa shape index (κ3) is 3.14. The molecule has 3 aromatic rings. The largest absolute Gasteiger partial charge is 0.505 e. The molecule has 132 valence electrons. The Morgan fingerprint density at radius 2 is 1.58 bits per heavy atom. The highest BCUT2D eigenvalue weighted by Crippen LogP contribution is 2.32. The van der Waals surface area contributed by atoms with Gasteiger partial charge in [0.2, 0.25) is 0 Å². The molecule has 7 nitrogen and oxygen atoms in total. The van der Waals surface area contributed by atoms with E-state index in [4.69, 9.17) is 0 Å². The number of para-hydroxylation sites is 2. The summed E-state index contributed by atoms with van der Waals surface area (Å²) in [6.45, 7) is 2.18. The molecule has 0 saturated heterocycles. The Kier molecular flexibility index (Phi) is 4.70. The molecule has 0 heterocycles. The molecule has 0 aliphatic carbocycles. The lowest BCUT2D eigenvalue weighted by atomic mass is 10.1. The maximum absolute atomic E-state index is 12.0. The van der Waals surface area contributed by atoms with E-state index in [1.54, 1.807) is 37.3 Å². The number of hydrogen-bond donors (Lipinski definition) is 4. The van der Waals surface area contributed by atoms with Crippen LogP contribution in [0.5, 0.6) is 5.75 Å². The van der Waals surface area contributed by atoms with Crippen molar-refractivity contribution < 1.29 is 9.90 Å². The van der Waals surface area contributed by atoms with Crippen molar-refractivity contribution in [2.75, 3.05) is 17.2 Å². The monoisotopic (exact) mass is 351 g/mol. The Morgan fingerprint density at radius 1 is 0.923 bits per heavy atom. The Bertz CT molecular complexity index is 1020. The first-order chi connectivity index (χ1) is 12.5. The molecule has 3 rings (SSSR count). The van der Waals surface area contributed by atoms with Crippen molar-refractivity contribution in [1.82, 2.24) is 5.32 Å². The van der Waals surface area contributed by atoms with Crippen LogP contribution in [-0.2, 0) is 0 Å². The van der Waals surface area contributed by atoms with Gasteiger partial charge >= 0.3 is 0 Å². The lowest BCUT2D eigenvalue weighted by molar-refractivity contribution is 0.0953. The van der Waals surface area contributed by atoms with Crippen molar-refractivity contribution in [2.24, 2.45) is 0 Å². The van der Waals surface area contributed by atoms with Gasteiger partial charge < -0.3 is 21.1 Å². The first kappa shape index (κ1) is 17.2. The summed E-state index contributed by atoms with van der Waals surface area (Å²) in [7, 11) is 0. The fourth-order valence-corrected chi connectivity index (χ4v) is 2.51. The predicted molar refractivity (Wildman–Crippen MR) is 100 cm³/mol. The maximum atomic E-state index is 12.0. The fourth-order valence-electron chi connectivity index (χ4n) is 2.51. The Hall–Kier alpha value is -3.61. The lowest BCUT2D eigenvalue weighted by Gasteiger charge is -2.16. The summed E-state index contributed by atoms with van der Waals surface area (Å²) < 4.78 is 0. The van der Waals surface area contributed by atoms with Crippen LogP contribution < -0.4 is 26.8 Å². The van der Waals surface area contributed by atoms with Crippen molar-refractivity contribution in [2.45, 2.75) is 6.92 Å². The van der Waals surface area contributed by atoms with Crippen LogP contribution >= 0.6 is 0 Å². The Balaban J connectivity index is 1.90. The quantitative estimate of drug-likeness (QED) is 0.401. The number of carbonyl (C=O) groups is 1. The molecule has 3 aromatic carbocycles. The number of phenolic OH excluding ortho intramolecular Hbond substituents is 1. The van der Waals surface area contributed by atoms with E-state index in [0.717, 1.165) is 0 Å². The molecular formula is C19H17N3O4. The van der Waals surface area contributed by atoms with Crippen LogP contribution in [0.4, 0.5) is 22.7 Å². The molecule has 0 radical (unpaired) electrons. The van der Waals surface area contributed by atoms with Crippen LogP contribution in [0.15, 0.2) is 58.1 Å². The van der Waals surface area contributed by atoms with E-state index in [-0.39, 0.29) is 28.4 Å². The predicted octanol–water partition coefficient (Wildman–Crippen LogP) is 2.23. The highest BCUT2D eigenvalue weighted by atomic mass is 16.3. The molecular weight excluding hydrogens is 334 g/mol. The summed E-state index contributed by atoms with van der Waals surface area (Å²) in [4.78, 5) is 35.8. The van der Waals surface area contributed by atoms with Crippen molar-refractivity contribution in [3.05, 3.63) is 74.5 Å². The van der Waals surface area contributed by atoms with Crippen LogP contribution in [0, 0.1) is 0 Å². The second-order valence-corrected chi connectivity index (χ2v) is 5.59. The first-order valence-corrected chi connectivity index (χ1v) is 8.05. The summed E-state index contributed by atoms with van der Waals surface area (Å²) in [6.07, 6.45) is 0. The molecule has 0 fully saturated rings. The van der Waals surface area contributed by atoms with E-state index in [2.05, 4.69) is 16.0 Å². The number of amides is 1. The molecule has 0 spiro atoms. The highest BCUT2D eigenvalue weighted by Gasteiger charge is 2.23. The van der Waals surface area contributed by atoms with Gasteiger partial charge in [-0.25, -0.2) is 0 Å². The average Bonchev–Trinajstić information content (AvgIpc) is 2.66. The molecule has 0 bridgehead atoms. The van der Waals surface area contributed by atoms with Crippen LogP contribution in [0.25, 0.3) is 0 Å². The van der Waals surface area contributed by atoms with Gasteiger partial charge in [0, 0.05) is 12.2 Å². The van der Waals surface area contributed by atoms with Gasteiger partial charge in [-0.2, -0.15) is 0 Å². The zero-order chi connectivity index (χ0) is 18.7. The Morgan fingerprint density at radius 3 is 2.23 bits per heavy atom. The van der Waals surface area contributed by atoms with Crippen molar-refractivity contribution >= 4 is 28.7 Å². The topological polar surface area (TPSA) is 108 Å². The molecule has 7 heteroatoms. The van der Waals surface area contributed by atoms with E-state index in [1.165, 1.54) is 12.1 Å².